The predicted octanol–water partition coefficient (Wildman–Crippen LogP) is 4.44. The summed E-state index contributed by atoms with van der Waals surface area (Å²) in [4.78, 5) is 28.4. The van der Waals surface area contributed by atoms with Crippen molar-refractivity contribution in [1.29, 1.82) is 5.26 Å². The number of nitrogens with two attached hydrogens (primary N) is 1. The largest absolute Gasteiger partial charge is 0.416 e. The van der Waals surface area contributed by atoms with Crippen LogP contribution >= 0.6 is 0 Å². The molecule has 2 amide bonds. The monoisotopic (exact) mass is 570 g/mol. The van der Waals surface area contributed by atoms with Crippen molar-refractivity contribution in [1.82, 2.24) is 20.2 Å². The SMILES string of the molecule is C=C(NC(C)c1ccc(C(F)(F)F)cc1)N(C(=O)C1=C(N)CCN(C(=O)c2ccc(C#N)cc2F)C1)N1CCCC1. The zero-order valence-corrected chi connectivity index (χ0v) is 22.5. The Kier molecular flexibility index (Phi) is 8.68. The Morgan fingerprint density at radius 1 is 1.12 bits per heavy atom. The minimum absolute atomic E-state index is 0.0792. The van der Waals surface area contributed by atoms with E-state index in [-0.39, 0.29) is 42.0 Å². The highest BCUT2D eigenvalue weighted by Crippen LogP contribution is 2.30. The molecule has 216 valence electrons. The maximum Gasteiger partial charge on any atom is 0.416 e. The number of hydrazine groups is 1. The van der Waals surface area contributed by atoms with E-state index in [1.807, 2.05) is 6.07 Å². The first-order valence-corrected chi connectivity index (χ1v) is 13.1. The van der Waals surface area contributed by atoms with Crippen LogP contribution in [0.3, 0.4) is 0 Å². The van der Waals surface area contributed by atoms with Crippen LogP contribution in [0.5, 0.6) is 0 Å². The molecule has 2 aliphatic rings. The highest BCUT2D eigenvalue weighted by molar-refractivity contribution is 5.99. The van der Waals surface area contributed by atoms with Gasteiger partial charge in [0.05, 0.1) is 34.9 Å². The minimum Gasteiger partial charge on any atom is -0.402 e. The predicted molar refractivity (Wildman–Crippen MR) is 143 cm³/mol. The second-order valence-corrected chi connectivity index (χ2v) is 10.00. The molecule has 2 heterocycles. The molecule has 1 fully saturated rings. The Morgan fingerprint density at radius 2 is 1.78 bits per heavy atom. The summed E-state index contributed by atoms with van der Waals surface area (Å²) in [5.74, 6) is -1.77. The number of nitriles is 1. The van der Waals surface area contributed by atoms with Gasteiger partial charge in [-0.25, -0.2) is 14.4 Å². The second kappa shape index (κ2) is 12.0. The van der Waals surface area contributed by atoms with Crippen LogP contribution in [0.15, 0.2) is 66.1 Å². The molecule has 0 bridgehead atoms. The van der Waals surface area contributed by atoms with Gasteiger partial charge in [0.25, 0.3) is 11.8 Å². The van der Waals surface area contributed by atoms with E-state index in [9.17, 15) is 27.2 Å². The summed E-state index contributed by atoms with van der Waals surface area (Å²) >= 11 is 0. The van der Waals surface area contributed by atoms with E-state index in [4.69, 9.17) is 11.0 Å². The molecule has 0 radical (unpaired) electrons. The van der Waals surface area contributed by atoms with Gasteiger partial charge in [0, 0.05) is 37.8 Å². The average molecular weight is 571 g/mol. The number of nitrogens with zero attached hydrogens (tertiary/aromatic N) is 4. The number of rotatable bonds is 7. The lowest BCUT2D eigenvalue weighted by Gasteiger charge is -2.37. The van der Waals surface area contributed by atoms with Gasteiger partial charge in [-0.05, 0) is 55.7 Å². The molecule has 4 rings (SSSR count). The van der Waals surface area contributed by atoms with Crippen molar-refractivity contribution in [3.8, 4) is 6.07 Å². The summed E-state index contributed by atoms with van der Waals surface area (Å²) in [6.07, 6.45) is -2.59. The number of carbonyl (C=O) groups excluding carboxylic acids is 2. The highest BCUT2D eigenvalue weighted by Gasteiger charge is 2.35. The van der Waals surface area contributed by atoms with Crippen molar-refractivity contribution in [3.63, 3.8) is 0 Å². The number of nitrogens with one attached hydrogen (secondary N) is 1. The molecule has 0 saturated carbocycles. The number of hydrogen-bond donors (Lipinski definition) is 2. The number of carbonyl (C=O) groups is 2. The van der Waals surface area contributed by atoms with E-state index in [2.05, 4.69) is 11.9 Å². The second-order valence-electron chi connectivity index (χ2n) is 10.00. The van der Waals surface area contributed by atoms with Crippen molar-refractivity contribution >= 4 is 11.8 Å². The summed E-state index contributed by atoms with van der Waals surface area (Å²) in [7, 11) is 0. The smallest absolute Gasteiger partial charge is 0.402 e. The number of alkyl halides is 3. The standard InChI is InChI=1S/C29H30F4N6O2/c1-18(21-6-8-22(9-7-21)29(31,32)33)36-19(2)39(38-12-3-4-13-38)28(41)24-17-37(14-11-26(24)35)27(40)23-10-5-20(16-34)15-25(23)30/h5-10,15,18,36H,2-4,11-14,17,35H2,1H3. The van der Waals surface area contributed by atoms with E-state index >= 15 is 0 Å². The third-order valence-corrected chi connectivity index (χ3v) is 7.20. The quantitative estimate of drug-likeness (QED) is 0.477. The van der Waals surface area contributed by atoms with Gasteiger partial charge in [0.2, 0.25) is 0 Å². The molecule has 2 aromatic rings. The van der Waals surface area contributed by atoms with Crippen LogP contribution in [0.25, 0.3) is 0 Å². The molecule has 1 unspecified atom stereocenters. The molecule has 1 atom stereocenters. The van der Waals surface area contributed by atoms with Crippen molar-refractivity contribution in [2.24, 2.45) is 5.73 Å². The first kappa shape index (κ1) is 29.6. The highest BCUT2D eigenvalue weighted by atomic mass is 19.4. The molecule has 1 saturated heterocycles. The van der Waals surface area contributed by atoms with E-state index in [1.165, 1.54) is 34.2 Å². The Balaban J connectivity index is 1.54. The number of hydrogen-bond acceptors (Lipinski definition) is 6. The van der Waals surface area contributed by atoms with Crippen LogP contribution in [0.4, 0.5) is 17.6 Å². The van der Waals surface area contributed by atoms with Gasteiger partial charge in [-0.2, -0.15) is 18.4 Å². The molecule has 3 N–H and O–H groups in total. The zero-order valence-electron chi connectivity index (χ0n) is 22.5. The van der Waals surface area contributed by atoms with Crippen LogP contribution in [-0.2, 0) is 11.0 Å². The van der Waals surface area contributed by atoms with Gasteiger partial charge in [-0.1, -0.05) is 18.7 Å². The van der Waals surface area contributed by atoms with Crippen LogP contribution in [0, 0.1) is 17.1 Å². The molecule has 0 aromatic heterocycles. The molecule has 2 aromatic carbocycles. The van der Waals surface area contributed by atoms with E-state index < -0.39 is 35.4 Å². The van der Waals surface area contributed by atoms with Gasteiger partial charge in [0.15, 0.2) is 0 Å². The number of halogens is 4. The van der Waals surface area contributed by atoms with E-state index in [0.29, 0.717) is 24.4 Å². The van der Waals surface area contributed by atoms with Gasteiger partial charge in [0.1, 0.15) is 11.6 Å². The molecule has 41 heavy (non-hydrogen) atoms. The summed E-state index contributed by atoms with van der Waals surface area (Å²) in [6.45, 7) is 6.93. The van der Waals surface area contributed by atoms with Gasteiger partial charge < -0.3 is 16.0 Å². The summed E-state index contributed by atoms with van der Waals surface area (Å²) in [6, 6.07) is 9.62. The molecule has 0 aliphatic carbocycles. The molecule has 0 spiro atoms. The zero-order chi connectivity index (χ0) is 29.9. The van der Waals surface area contributed by atoms with Crippen molar-refractivity contribution in [2.45, 2.75) is 38.4 Å². The molecule has 12 heteroatoms. The lowest BCUT2D eigenvalue weighted by Crippen LogP contribution is -2.51. The summed E-state index contributed by atoms with van der Waals surface area (Å²) in [5, 5.41) is 15.3. The third kappa shape index (κ3) is 6.52. The van der Waals surface area contributed by atoms with Gasteiger partial charge >= 0.3 is 6.18 Å². The molecular formula is C29H30F4N6O2. The normalized spacial score (nSPS) is 16.7. The fourth-order valence-corrected chi connectivity index (χ4v) is 4.89. The van der Waals surface area contributed by atoms with Crippen LogP contribution in [-0.4, -0.2) is 52.9 Å². The Morgan fingerprint density at radius 3 is 2.37 bits per heavy atom. The first-order chi connectivity index (χ1) is 19.4. The molecule has 2 aliphatic heterocycles. The van der Waals surface area contributed by atoms with Crippen molar-refractivity contribution < 1.29 is 27.2 Å². The van der Waals surface area contributed by atoms with Crippen LogP contribution in [0.1, 0.15) is 59.3 Å². The van der Waals surface area contributed by atoms with Gasteiger partial charge in [-0.15, -0.1) is 0 Å². The average Bonchev–Trinajstić information content (AvgIpc) is 3.46. The van der Waals surface area contributed by atoms with Gasteiger partial charge in [-0.3, -0.25) is 9.59 Å². The van der Waals surface area contributed by atoms with Crippen molar-refractivity contribution in [2.75, 3.05) is 26.2 Å². The summed E-state index contributed by atoms with van der Waals surface area (Å²) < 4.78 is 53.5. The Bertz CT molecular complexity index is 1410. The number of benzene rings is 2. The fourth-order valence-electron chi connectivity index (χ4n) is 4.89. The third-order valence-electron chi connectivity index (χ3n) is 7.20. The lowest BCUT2D eigenvalue weighted by atomic mass is 10.0. The maximum atomic E-state index is 14.6. The molecule has 8 nitrogen and oxygen atoms in total. The van der Waals surface area contributed by atoms with Crippen LogP contribution in [0.2, 0.25) is 0 Å². The van der Waals surface area contributed by atoms with E-state index in [0.717, 1.165) is 31.0 Å². The fraction of sp³-hybridized carbons (Fsp3) is 0.345. The maximum absolute atomic E-state index is 14.6. The minimum atomic E-state index is -4.45. The molecular weight excluding hydrogens is 540 g/mol. The summed E-state index contributed by atoms with van der Waals surface area (Å²) in [5.41, 5.74) is 6.37. The number of amides is 2. The lowest BCUT2D eigenvalue weighted by molar-refractivity contribution is -0.139. The first-order valence-electron chi connectivity index (χ1n) is 13.1. The van der Waals surface area contributed by atoms with Crippen LogP contribution < -0.4 is 11.1 Å². The Hall–Kier alpha value is -4.37. The topological polar surface area (TPSA) is 106 Å². The van der Waals surface area contributed by atoms with E-state index in [1.54, 1.807) is 11.9 Å². The van der Waals surface area contributed by atoms with Crippen molar-refractivity contribution in [3.05, 3.63) is 94.2 Å². The Labute approximate surface area is 235 Å².